The third-order valence-corrected chi connectivity index (χ3v) is 2.19. The van der Waals surface area contributed by atoms with E-state index in [1.54, 1.807) is 5.01 Å². The molecule has 0 saturated carbocycles. The molecule has 5 nitrogen and oxygen atoms in total. The third kappa shape index (κ3) is 5.11. The van der Waals surface area contributed by atoms with Crippen molar-refractivity contribution in [3.8, 4) is 0 Å². The van der Waals surface area contributed by atoms with Crippen LogP contribution in [-0.4, -0.2) is 35.6 Å². The number of hydrazine groups is 1. The predicted octanol–water partition coefficient (Wildman–Crippen LogP) is 1.48. The quantitative estimate of drug-likeness (QED) is 0.738. The van der Waals surface area contributed by atoms with Crippen LogP contribution in [0.4, 0.5) is 4.79 Å². The summed E-state index contributed by atoms with van der Waals surface area (Å²) < 4.78 is 5.13. The first-order chi connectivity index (χ1) is 7.37. The van der Waals surface area contributed by atoms with Gasteiger partial charge in [-0.25, -0.2) is 9.80 Å². The van der Waals surface area contributed by atoms with Gasteiger partial charge in [-0.1, -0.05) is 0 Å². The van der Waals surface area contributed by atoms with Gasteiger partial charge < -0.3 is 4.74 Å². The number of hydrogen-bond donors (Lipinski definition) is 1. The van der Waals surface area contributed by atoms with E-state index in [4.69, 9.17) is 4.74 Å². The van der Waals surface area contributed by atoms with Gasteiger partial charge in [0.15, 0.2) is 0 Å². The van der Waals surface area contributed by atoms with Crippen molar-refractivity contribution in [3.63, 3.8) is 0 Å². The van der Waals surface area contributed by atoms with Crippen LogP contribution in [0.1, 0.15) is 40.0 Å². The molecular weight excluding hydrogens is 208 g/mol. The van der Waals surface area contributed by atoms with Gasteiger partial charge in [0.05, 0.1) is 0 Å². The van der Waals surface area contributed by atoms with E-state index < -0.39 is 11.7 Å². The molecule has 1 rings (SSSR count). The van der Waals surface area contributed by atoms with Crippen molar-refractivity contribution in [1.82, 2.24) is 10.4 Å². The van der Waals surface area contributed by atoms with Crippen molar-refractivity contribution >= 4 is 11.9 Å². The molecule has 5 heteroatoms. The van der Waals surface area contributed by atoms with Gasteiger partial charge in [-0.2, -0.15) is 0 Å². The minimum absolute atomic E-state index is 0.258. The Kier molecular flexibility index (Phi) is 4.29. The molecule has 16 heavy (non-hydrogen) atoms. The molecule has 0 aromatic carbocycles. The average molecular weight is 228 g/mol. The fraction of sp³-hybridized carbons (Fsp3) is 0.818. The van der Waals surface area contributed by atoms with Crippen LogP contribution < -0.4 is 5.43 Å². The van der Waals surface area contributed by atoms with Crippen LogP contribution in [0.3, 0.4) is 0 Å². The van der Waals surface area contributed by atoms with E-state index in [-0.39, 0.29) is 5.78 Å². The van der Waals surface area contributed by atoms with Crippen molar-refractivity contribution in [2.75, 3.05) is 13.1 Å². The molecule has 0 bridgehead atoms. The summed E-state index contributed by atoms with van der Waals surface area (Å²) in [5, 5.41) is 1.75. The number of amides is 1. The van der Waals surface area contributed by atoms with Crippen LogP contribution in [0.5, 0.6) is 0 Å². The van der Waals surface area contributed by atoms with Crippen LogP contribution in [0, 0.1) is 0 Å². The Morgan fingerprint density at radius 1 is 1.31 bits per heavy atom. The summed E-state index contributed by atoms with van der Waals surface area (Å²) in [6, 6.07) is 0. The summed E-state index contributed by atoms with van der Waals surface area (Å²) >= 11 is 0. The number of nitrogens with zero attached hydrogens (tertiary/aromatic N) is 1. The van der Waals surface area contributed by atoms with Gasteiger partial charge in [0.1, 0.15) is 11.4 Å². The second-order valence-corrected chi connectivity index (χ2v) is 4.99. The lowest BCUT2D eigenvalue weighted by molar-refractivity contribution is -0.118. The van der Waals surface area contributed by atoms with Gasteiger partial charge in [-0.05, 0) is 27.2 Å². The van der Waals surface area contributed by atoms with E-state index >= 15 is 0 Å². The second-order valence-electron chi connectivity index (χ2n) is 4.99. The number of Topliss-reactive ketones (excluding diaryl/α,β-unsaturated/α-hetero) is 1. The minimum Gasteiger partial charge on any atom is -0.443 e. The first kappa shape index (κ1) is 13.0. The normalized spacial score (nSPS) is 19.1. The number of carbonyl (C=O) groups is 2. The predicted molar refractivity (Wildman–Crippen MR) is 59.8 cm³/mol. The Hall–Kier alpha value is -1.10. The van der Waals surface area contributed by atoms with E-state index in [1.165, 1.54) is 0 Å². The average Bonchev–Trinajstić information content (AvgIpc) is 2.27. The molecule has 1 fully saturated rings. The zero-order chi connectivity index (χ0) is 12.2. The molecule has 0 unspecified atom stereocenters. The second kappa shape index (κ2) is 5.30. The zero-order valence-electron chi connectivity index (χ0n) is 10.2. The summed E-state index contributed by atoms with van der Waals surface area (Å²) in [6.45, 7) is 6.72. The Morgan fingerprint density at radius 2 is 2.00 bits per heavy atom. The fourth-order valence-corrected chi connectivity index (χ4v) is 1.51. The van der Waals surface area contributed by atoms with Crippen LogP contribution in [0.25, 0.3) is 0 Å². The first-order valence-electron chi connectivity index (χ1n) is 5.63. The summed E-state index contributed by atoms with van der Waals surface area (Å²) in [7, 11) is 0. The topological polar surface area (TPSA) is 58.6 Å². The molecule has 0 radical (unpaired) electrons. The number of carbonyl (C=O) groups excluding carboxylic acids is 2. The largest absolute Gasteiger partial charge is 0.443 e. The highest BCUT2D eigenvalue weighted by atomic mass is 16.6. The number of hydrogen-bond acceptors (Lipinski definition) is 4. The van der Waals surface area contributed by atoms with E-state index in [9.17, 15) is 9.59 Å². The Labute approximate surface area is 96.1 Å². The molecule has 1 aliphatic heterocycles. The molecule has 0 aromatic rings. The lowest BCUT2D eigenvalue weighted by atomic mass is 10.2. The highest BCUT2D eigenvalue weighted by Crippen LogP contribution is 2.08. The maximum atomic E-state index is 11.5. The maximum absolute atomic E-state index is 11.5. The monoisotopic (exact) mass is 228 g/mol. The number of ketones is 1. The third-order valence-electron chi connectivity index (χ3n) is 2.19. The van der Waals surface area contributed by atoms with E-state index in [0.717, 1.165) is 6.42 Å². The van der Waals surface area contributed by atoms with Gasteiger partial charge >= 0.3 is 6.09 Å². The van der Waals surface area contributed by atoms with Gasteiger partial charge in [0.2, 0.25) is 0 Å². The molecule has 1 N–H and O–H groups in total. The van der Waals surface area contributed by atoms with Gasteiger partial charge in [-0.15, -0.1) is 0 Å². The van der Waals surface area contributed by atoms with Crippen LogP contribution in [0.2, 0.25) is 0 Å². The number of rotatable bonds is 1. The van der Waals surface area contributed by atoms with Crippen molar-refractivity contribution < 1.29 is 14.3 Å². The fourth-order valence-electron chi connectivity index (χ4n) is 1.51. The summed E-state index contributed by atoms with van der Waals surface area (Å²) in [6.07, 6.45) is 1.43. The molecule has 0 aromatic heterocycles. The van der Waals surface area contributed by atoms with Crippen molar-refractivity contribution in [1.29, 1.82) is 0 Å². The lowest BCUT2D eigenvalue weighted by Crippen LogP contribution is -2.45. The summed E-state index contributed by atoms with van der Waals surface area (Å²) in [4.78, 5) is 22.6. The van der Waals surface area contributed by atoms with Crippen molar-refractivity contribution in [3.05, 3.63) is 0 Å². The van der Waals surface area contributed by atoms with Gasteiger partial charge in [-0.3, -0.25) is 10.2 Å². The molecule has 92 valence electrons. The van der Waals surface area contributed by atoms with Gasteiger partial charge in [0, 0.05) is 25.9 Å². The Balaban J connectivity index is 2.36. The van der Waals surface area contributed by atoms with Gasteiger partial charge in [0.25, 0.3) is 0 Å². The standard InChI is InChI=1S/C11H20N2O3/c1-11(2,3)16-10(15)12-13-7-4-5-9(14)6-8-13/h4-8H2,1-3H3,(H,12,15). The minimum atomic E-state index is -0.494. The lowest BCUT2D eigenvalue weighted by Gasteiger charge is -2.24. The van der Waals surface area contributed by atoms with Crippen molar-refractivity contribution in [2.45, 2.75) is 45.6 Å². The first-order valence-corrected chi connectivity index (χ1v) is 5.63. The van der Waals surface area contributed by atoms with E-state index in [2.05, 4.69) is 5.43 Å². The molecule has 0 atom stereocenters. The molecule has 1 aliphatic rings. The Bertz CT molecular complexity index is 271. The summed E-state index contributed by atoms with van der Waals surface area (Å²) in [5.41, 5.74) is 2.16. The molecule has 1 amide bonds. The highest BCUT2D eigenvalue weighted by Gasteiger charge is 2.20. The number of nitrogens with one attached hydrogen (secondary N) is 1. The summed E-state index contributed by atoms with van der Waals surface area (Å²) in [5.74, 6) is 0.258. The molecule has 0 spiro atoms. The zero-order valence-corrected chi connectivity index (χ0v) is 10.2. The smallest absolute Gasteiger partial charge is 0.422 e. The van der Waals surface area contributed by atoms with Crippen LogP contribution in [0.15, 0.2) is 0 Å². The van der Waals surface area contributed by atoms with E-state index in [1.807, 2.05) is 20.8 Å². The van der Waals surface area contributed by atoms with E-state index in [0.29, 0.717) is 25.9 Å². The maximum Gasteiger partial charge on any atom is 0.422 e. The van der Waals surface area contributed by atoms with Crippen LogP contribution >= 0.6 is 0 Å². The van der Waals surface area contributed by atoms with Crippen molar-refractivity contribution in [2.24, 2.45) is 0 Å². The molecular formula is C11H20N2O3. The van der Waals surface area contributed by atoms with Crippen LogP contribution in [-0.2, 0) is 9.53 Å². The Morgan fingerprint density at radius 3 is 2.62 bits per heavy atom. The molecule has 1 saturated heterocycles. The molecule has 1 heterocycles. The number of ether oxygens (including phenoxy) is 1. The SMILES string of the molecule is CC(C)(C)OC(=O)NN1CCCC(=O)CC1. The molecule has 0 aliphatic carbocycles. The highest BCUT2D eigenvalue weighted by molar-refractivity contribution is 5.78.